The standard InChI is InChI=1S/C19H24N4O5S/c1-12-10-14-11-15(4-5-16(14)23(12)13(2)24)29(27,28)22-8-6-19(7-9-22)17(25)21(3)18(26)20-19/h4-5,11-12H,6-10H2,1-3H3,(H,20,26). The zero-order valence-corrected chi connectivity index (χ0v) is 17.5. The number of sulfonamides is 1. The van der Waals surface area contributed by atoms with Crippen LogP contribution in [0.2, 0.25) is 0 Å². The summed E-state index contributed by atoms with van der Waals surface area (Å²) in [5, 5.41) is 2.71. The van der Waals surface area contributed by atoms with Crippen LogP contribution >= 0.6 is 0 Å². The van der Waals surface area contributed by atoms with Gasteiger partial charge in [-0.3, -0.25) is 14.5 Å². The number of amides is 4. The van der Waals surface area contributed by atoms with Gasteiger partial charge in [-0.15, -0.1) is 0 Å². The lowest BCUT2D eigenvalue weighted by molar-refractivity contribution is -0.131. The van der Waals surface area contributed by atoms with E-state index in [9.17, 15) is 22.8 Å². The van der Waals surface area contributed by atoms with Crippen LogP contribution in [0.25, 0.3) is 0 Å². The molecule has 1 unspecified atom stereocenters. The number of nitrogens with one attached hydrogen (secondary N) is 1. The van der Waals surface area contributed by atoms with E-state index in [0.29, 0.717) is 6.42 Å². The number of nitrogens with zero attached hydrogens (tertiary/aromatic N) is 3. The summed E-state index contributed by atoms with van der Waals surface area (Å²) in [6, 6.07) is 4.40. The molecule has 3 aliphatic heterocycles. The fourth-order valence-corrected chi connectivity index (χ4v) is 6.09. The van der Waals surface area contributed by atoms with E-state index in [4.69, 9.17) is 0 Å². The summed E-state index contributed by atoms with van der Waals surface area (Å²) in [6.07, 6.45) is 1.08. The third-order valence-electron chi connectivity index (χ3n) is 6.18. The van der Waals surface area contributed by atoms with Gasteiger partial charge >= 0.3 is 6.03 Å². The molecule has 0 aromatic heterocycles. The van der Waals surface area contributed by atoms with Crippen LogP contribution in [0.4, 0.5) is 10.5 Å². The molecule has 0 aliphatic carbocycles. The third kappa shape index (κ3) is 2.93. The first-order valence-corrected chi connectivity index (χ1v) is 11.0. The number of fused-ring (bicyclic) bond motifs is 1. The largest absolute Gasteiger partial charge is 0.324 e. The van der Waals surface area contributed by atoms with Crippen molar-refractivity contribution in [2.24, 2.45) is 0 Å². The second-order valence-electron chi connectivity index (χ2n) is 8.01. The molecule has 2 saturated heterocycles. The minimum absolute atomic E-state index is 0.00993. The van der Waals surface area contributed by atoms with Crippen LogP contribution < -0.4 is 10.2 Å². The number of likely N-dealkylation sites (N-methyl/N-ethyl adjacent to an activating group) is 1. The zero-order chi connectivity index (χ0) is 21.1. The smallest absolute Gasteiger partial charge is 0.323 e. The molecule has 1 N–H and O–H groups in total. The molecule has 1 aromatic rings. The van der Waals surface area contributed by atoms with E-state index in [-0.39, 0.29) is 48.7 Å². The number of urea groups is 1. The van der Waals surface area contributed by atoms with Crippen LogP contribution in [-0.4, -0.2) is 67.2 Å². The summed E-state index contributed by atoms with van der Waals surface area (Å²) >= 11 is 0. The summed E-state index contributed by atoms with van der Waals surface area (Å²) in [7, 11) is -2.32. The molecule has 4 rings (SSSR count). The van der Waals surface area contributed by atoms with E-state index in [0.717, 1.165) is 16.2 Å². The Morgan fingerprint density at radius 2 is 1.86 bits per heavy atom. The molecule has 0 radical (unpaired) electrons. The van der Waals surface area contributed by atoms with Crippen molar-refractivity contribution in [3.63, 3.8) is 0 Å². The molecule has 0 saturated carbocycles. The Hall–Kier alpha value is -2.46. The Bertz CT molecular complexity index is 1010. The van der Waals surface area contributed by atoms with Gasteiger partial charge in [0.2, 0.25) is 15.9 Å². The normalized spacial score (nSPS) is 24.2. The maximum absolute atomic E-state index is 13.2. The highest BCUT2D eigenvalue weighted by atomic mass is 32.2. The average Bonchev–Trinajstić information content (AvgIpc) is 3.10. The third-order valence-corrected chi connectivity index (χ3v) is 8.08. The minimum Gasteiger partial charge on any atom is -0.323 e. The molecule has 4 amide bonds. The van der Waals surface area contributed by atoms with E-state index in [1.165, 1.54) is 24.3 Å². The number of benzene rings is 1. The van der Waals surface area contributed by atoms with Crippen molar-refractivity contribution in [1.82, 2.24) is 14.5 Å². The number of carbonyl (C=O) groups excluding carboxylic acids is 3. The summed E-state index contributed by atoms with van der Waals surface area (Å²) in [4.78, 5) is 39.0. The molecule has 9 nitrogen and oxygen atoms in total. The van der Waals surface area contributed by atoms with E-state index >= 15 is 0 Å². The zero-order valence-electron chi connectivity index (χ0n) is 16.6. The molecule has 1 atom stereocenters. The van der Waals surface area contributed by atoms with Gasteiger partial charge in [0.05, 0.1) is 4.90 Å². The molecule has 1 spiro atoms. The number of hydrogen-bond donors (Lipinski definition) is 1. The quantitative estimate of drug-likeness (QED) is 0.709. The first-order chi connectivity index (χ1) is 13.6. The van der Waals surface area contributed by atoms with E-state index in [2.05, 4.69) is 5.32 Å². The maximum atomic E-state index is 13.2. The van der Waals surface area contributed by atoms with Crippen LogP contribution in [0.1, 0.15) is 32.3 Å². The Morgan fingerprint density at radius 1 is 1.21 bits per heavy atom. The Labute approximate surface area is 169 Å². The highest BCUT2D eigenvalue weighted by Crippen LogP contribution is 2.36. The highest BCUT2D eigenvalue weighted by molar-refractivity contribution is 7.89. The van der Waals surface area contributed by atoms with Crippen molar-refractivity contribution < 1.29 is 22.8 Å². The number of anilines is 1. The fourth-order valence-electron chi connectivity index (χ4n) is 4.60. The van der Waals surface area contributed by atoms with Crippen molar-refractivity contribution in [1.29, 1.82) is 0 Å². The van der Waals surface area contributed by atoms with Crippen molar-refractivity contribution in [3.8, 4) is 0 Å². The number of carbonyl (C=O) groups is 3. The molecule has 3 heterocycles. The molecule has 1 aromatic carbocycles. The van der Waals surface area contributed by atoms with Gasteiger partial charge in [-0.25, -0.2) is 13.2 Å². The average molecular weight is 420 g/mol. The lowest BCUT2D eigenvalue weighted by Gasteiger charge is -2.36. The predicted octanol–water partition coefficient (Wildman–Crippen LogP) is 0.689. The molecule has 3 aliphatic rings. The van der Waals surface area contributed by atoms with Crippen molar-refractivity contribution >= 4 is 33.6 Å². The van der Waals surface area contributed by atoms with Gasteiger partial charge in [0.1, 0.15) is 5.54 Å². The first-order valence-electron chi connectivity index (χ1n) is 9.60. The summed E-state index contributed by atoms with van der Waals surface area (Å²) < 4.78 is 27.7. The molecular weight excluding hydrogens is 396 g/mol. The fraction of sp³-hybridized carbons (Fsp3) is 0.526. The van der Waals surface area contributed by atoms with Crippen molar-refractivity contribution in [3.05, 3.63) is 23.8 Å². The van der Waals surface area contributed by atoms with Gasteiger partial charge in [-0.2, -0.15) is 4.31 Å². The van der Waals surface area contributed by atoms with Gasteiger partial charge in [-0.1, -0.05) is 0 Å². The van der Waals surface area contributed by atoms with Gasteiger partial charge in [0.15, 0.2) is 0 Å². The number of piperidine rings is 1. The van der Waals surface area contributed by atoms with Gasteiger partial charge in [-0.05, 0) is 49.9 Å². The van der Waals surface area contributed by atoms with Crippen LogP contribution in [0.3, 0.4) is 0 Å². The number of imide groups is 1. The topological polar surface area (TPSA) is 107 Å². The lowest BCUT2D eigenvalue weighted by atomic mass is 9.88. The SMILES string of the molecule is CC(=O)N1c2ccc(S(=O)(=O)N3CCC4(CC3)NC(=O)N(C)C4=O)cc2CC1C. The second kappa shape index (κ2) is 6.53. The van der Waals surface area contributed by atoms with Crippen LogP contribution in [-0.2, 0) is 26.0 Å². The Balaban J connectivity index is 1.55. The lowest BCUT2D eigenvalue weighted by Crippen LogP contribution is -2.55. The maximum Gasteiger partial charge on any atom is 0.324 e. The summed E-state index contributed by atoms with van der Waals surface area (Å²) in [6.45, 7) is 3.73. The number of hydrogen-bond acceptors (Lipinski definition) is 5. The predicted molar refractivity (Wildman–Crippen MR) is 105 cm³/mol. The van der Waals surface area contributed by atoms with Gasteiger partial charge in [0.25, 0.3) is 5.91 Å². The number of rotatable bonds is 2. The molecule has 2 fully saturated rings. The van der Waals surface area contributed by atoms with E-state index in [1.54, 1.807) is 17.0 Å². The summed E-state index contributed by atoms with van der Waals surface area (Å²) in [5.74, 6) is -0.378. The van der Waals surface area contributed by atoms with E-state index in [1.807, 2.05) is 6.92 Å². The monoisotopic (exact) mass is 420 g/mol. The van der Waals surface area contributed by atoms with Crippen LogP contribution in [0, 0.1) is 0 Å². The molecule has 29 heavy (non-hydrogen) atoms. The second-order valence-corrected chi connectivity index (χ2v) is 9.95. The van der Waals surface area contributed by atoms with Crippen molar-refractivity contribution in [2.45, 2.75) is 49.6 Å². The van der Waals surface area contributed by atoms with Gasteiger partial charge in [0, 0.05) is 38.8 Å². The van der Waals surface area contributed by atoms with Crippen LogP contribution in [0.5, 0.6) is 0 Å². The summed E-state index contributed by atoms with van der Waals surface area (Å²) in [5.41, 5.74) is 0.582. The van der Waals surface area contributed by atoms with Crippen LogP contribution in [0.15, 0.2) is 23.1 Å². The molecule has 0 bridgehead atoms. The Morgan fingerprint density at radius 3 is 2.41 bits per heavy atom. The van der Waals surface area contributed by atoms with E-state index < -0.39 is 21.6 Å². The van der Waals surface area contributed by atoms with Gasteiger partial charge < -0.3 is 10.2 Å². The minimum atomic E-state index is -3.74. The van der Waals surface area contributed by atoms with Crippen molar-refractivity contribution in [2.75, 3.05) is 25.0 Å². The Kier molecular flexibility index (Phi) is 4.47. The highest BCUT2D eigenvalue weighted by Gasteiger charge is 2.52. The molecule has 10 heteroatoms. The molecular formula is C19H24N4O5S. The molecule has 156 valence electrons. The first kappa shape index (κ1) is 19.8.